The first-order valence-corrected chi connectivity index (χ1v) is 9.42. The summed E-state index contributed by atoms with van der Waals surface area (Å²) in [7, 11) is 0. The van der Waals surface area contributed by atoms with Crippen LogP contribution in [-0.2, 0) is 16.1 Å². The SMILES string of the molecule is CC(C)(C)OC(=O)N1CCC(C(N)CNC(=O)OCc2ccccc2)CC1. The lowest BCUT2D eigenvalue weighted by molar-refractivity contribution is 0.0175. The number of rotatable bonds is 5. The zero-order valence-electron chi connectivity index (χ0n) is 16.4. The summed E-state index contributed by atoms with van der Waals surface area (Å²) < 4.78 is 10.6. The van der Waals surface area contributed by atoms with Gasteiger partial charge in [-0.05, 0) is 45.1 Å². The maximum Gasteiger partial charge on any atom is 0.410 e. The van der Waals surface area contributed by atoms with Gasteiger partial charge in [0.15, 0.2) is 0 Å². The summed E-state index contributed by atoms with van der Waals surface area (Å²) in [6, 6.07) is 9.34. The molecular formula is C20H31N3O4. The Bertz CT molecular complexity index is 607. The van der Waals surface area contributed by atoms with Crippen LogP contribution < -0.4 is 11.1 Å². The molecule has 1 saturated heterocycles. The Morgan fingerprint density at radius 3 is 2.44 bits per heavy atom. The molecule has 1 aliphatic rings. The van der Waals surface area contributed by atoms with Gasteiger partial charge in [0.25, 0.3) is 0 Å². The fourth-order valence-corrected chi connectivity index (χ4v) is 2.98. The van der Waals surface area contributed by atoms with Crippen molar-refractivity contribution in [2.75, 3.05) is 19.6 Å². The van der Waals surface area contributed by atoms with E-state index in [1.807, 2.05) is 51.1 Å². The molecule has 7 heteroatoms. The topological polar surface area (TPSA) is 93.9 Å². The number of hydrogen-bond donors (Lipinski definition) is 2. The average molecular weight is 377 g/mol. The fraction of sp³-hybridized carbons (Fsp3) is 0.600. The molecule has 1 aromatic carbocycles. The molecule has 0 saturated carbocycles. The summed E-state index contributed by atoms with van der Waals surface area (Å²) in [5.74, 6) is 0.248. The largest absolute Gasteiger partial charge is 0.445 e. The Labute approximate surface area is 161 Å². The maximum atomic E-state index is 12.1. The van der Waals surface area contributed by atoms with Gasteiger partial charge in [-0.3, -0.25) is 0 Å². The molecule has 1 atom stereocenters. The van der Waals surface area contributed by atoms with E-state index in [2.05, 4.69) is 5.32 Å². The monoisotopic (exact) mass is 377 g/mol. The van der Waals surface area contributed by atoms with Crippen molar-refractivity contribution in [2.24, 2.45) is 11.7 Å². The van der Waals surface area contributed by atoms with E-state index in [0.717, 1.165) is 18.4 Å². The molecular weight excluding hydrogens is 346 g/mol. The van der Waals surface area contributed by atoms with Crippen LogP contribution in [0.2, 0.25) is 0 Å². The van der Waals surface area contributed by atoms with E-state index in [0.29, 0.717) is 19.6 Å². The molecule has 3 N–H and O–H groups in total. The molecule has 1 heterocycles. The second kappa shape index (κ2) is 9.60. The number of carbonyl (C=O) groups is 2. The lowest BCUT2D eigenvalue weighted by Gasteiger charge is -2.35. The van der Waals surface area contributed by atoms with Crippen LogP contribution in [0.3, 0.4) is 0 Å². The van der Waals surface area contributed by atoms with Crippen molar-refractivity contribution < 1.29 is 19.1 Å². The molecule has 2 amide bonds. The van der Waals surface area contributed by atoms with Crippen LogP contribution in [0.25, 0.3) is 0 Å². The van der Waals surface area contributed by atoms with Crippen molar-refractivity contribution in [3.63, 3.8) is 0 Å². The summed E-state index contributed by atoms with van der Waals surface area (Å²) in [5, 5.41) is 2.72. The zero-order valence-corrected chi connectivity index (χ0v) is 16.4. The Hall–Kier alpha value is -2.28. The van der Waals surface area contributed by atoms with Crippen LogP contribution >= 0.6 is 0 Å². The van der Waals surface area contributed by atoms with E-state index >= 15 is 0 Å². The smallest absolute Gasteiger partial charge is 0.410 e. The molecule has 7 nitrogen and oxygen atoms in total. The number of amides is 2. The van der Waals surface area contributed by atoms with E-state index in [4.69, 9.17) is 15.2 Å². The van der Waals surface area contributed by atoms with E-state index < -0.39 is 11.7 Å². The number of nitrogens with zero attached hydrogens (tertiary/aromatic N) is 1. The van der Waals surface area contributed by atoms with Crippen molar-refractivity contribution in [1.82, 2.24) is 10.2 Å². The maximum absolute atomic E-state index is 12.1. The van der Waals surface area contributed by atoms with E-state index in [1.54, 1.807) is 4.90 Å². The van der Waals surface area contributed by atoms with Gasteiger partial charge >= 0.3 is 12.2 Å². The van der Waals surface area contributed by atoms with Crippen molar-refractivity contribution >= 4 is 12.2 Å². The minimum absolute atomic E-state index is 0.171. The fourth-order valence-electron chi connectivity index (χ4n) is 2.98. The van der Waals surface area contributed by atoms with Crippen LogP contribution in [0.4, 0.5) is 9.59 Å². The highest BCUT2D eigenvalue weighted by Crippen LogP contribution is 2.21. The Morgan fingerprint density at radius 1 is 1.22 bits per heavy atom. The van der Waals surface area contributed by atoms with Gasteiger partial charge in [-0.1, -0.05) is 30.3 Å². The van der Waals surface area contributed by atoms with Gasteiger partial charge < -0.3 is 25.4 Å². The van der Waals surface area contributed by atoms with Crippen LogP contribution in [-0.4, -0.2) is 48.4 Å². The normalized spacial score (nSPS) is 16.5. The Balaban J connectivity index is 1.66. The van der Waals surface area contributed by atoms with Crippen LogP contribution in [0.5, 0.6) is 0 Å². The van der Waals surface area contributed by atoms with Crippen molar-refractivity contribution in [2.45, 2.75) is 51.9 Å². The third-order valence-electron chi connectivity index (χ3n) is 4.49. The second-order valence-corrected chi connectivity index (χ2v) is 7.91. The summed E-state index contributed by atoms with van der Waals surface area (Å²) in [6.45, 7) is 7.39. The minimum atomic E-state index is -0.492. The average Bonchev–Trinajstić information content (AvgIpc) is 2.64. The van der Waals surface area contributed by atoms with E-state index in [9.17, 15) is 9.59 Å². The van der Waals surface area contributed by atoms with Gasteiger partial charge in [0.1, 0.15) is 12.2 Å². The third-order valence-corrected chi connectivity index (χ3v) is 4.49. The number of carbonyl (C=O) groups excluding carboxylic acids is 2. The summed E-state index contributed by atoms with van der Waals surface area (Å²) in [4.78, 5) is 25.6. The summed E-state index contributed by atoms with van der Waals surface area (Å²) in [5.41, 5.74) is 6.67. The molecule has 1 fully saturated rings. The van der Waals surface area contributed by atoms with Gasteiger partial charge in [-0.2, -0.15) is 0 Å². The number of nitrogens with one attached hydrogen (secondary N) is 1. The number of likely N-dealkylation sites (tertiary alicyclic amines) is 1. The number of benzene rings is 1. The summed E-state index contributed by atoms with van der Waals surface area (Å²) in [6.07, 6.45) is 0.833. The molecule has 0 aromatic heterocycles. The standard InChI is InChI=1S/C20H31N3O4/c1-20(2,3)27-19(25)23-11-9-16(10-12-23)17(21)13-22-18(24)26-14-15-7-5-4-6-8-15/h4-8,16-17H,9-14,21H2,1-3H3,(H,22,24). The third kappa shape index (κ3) is 7.46. The summed E-state index contributed by atoms with van der Waals surface area (Å²) >= 11 is 0. The predicted octanol–water partition coefficient (Wildman–Crippen LogP) is 2.89. The molecule has 1 aromatic rings. The lowest BCUT2D eigenvalue weighted by atomic mass is 9.90. The number of hydrogen-bond acceptors (Lipinski definition) is 5. The van der Waals surface area contributed by atoms with Gasteiger partial charge in [-0.15, -0.1) is 0 Å². The Morgan fingerprint density at radius 2 is 1.85 bits per heavy atom. The highest BCUT2D eigenvalue weighted by Gasteiger charge is 2.29. The van der Waals surface area contributed by atoms with Crippen molar-refractivity contribution in [1.29, 1.82) is 0 Å². The minimum Gasteiger partial charge on any atom is -0.445 e. The quantitative estimate of drug-likeness (QED) is 0.823. The molecule has 0 bridgehead atoms. The highest BCUT2D eigenvalue weighted by molar-refractivity contribution is 5.68. The molecule has 1 unspecified atom stereocenters. The zero-order chi connectivity index (χ0) is 19.9. The van der Waals surface area contributed by atoms with Gasteiger partial charge in [-0.25, -0.2) is 9.59 Å². The first-order chi connectivity index (χ1) is 12.7. The second-order valence-electron chi connectivity index (χ2n) is 7.91. The van der Waals surface area contributed by atoms with Crippen molar-refractivity contribution in [3.8, 4) is 0 Å². The number of alkyl carbamates (subject to hydrolysis) is 1. The highest BCUT2D eigenvalue weighted by atomic mass is 16.6. The number of piperidine rings is 1. The van der Waals surface area contributed by atoms with Gasteiger partial charge in [0, 0.05) is 25.7 Å². The van der Waals surface area contributed by atoms with Gasteiger partial charge in [0.2, 0.25) is 0 Å². The predicted molar refractivity (Wildman–Crippen MR) is 103 cm³/mol. The van der Waals surface area contributed by atoms with Crippen LogP contribution in [0.1, 0.15) is 39.2 Å². The van der Waals surface area contributed by atoms with Crippen LogP contribution in [0, 0.1) is 5.92 Å². The molecule has 0 spiro atoms. The van der Waals surface area contributed by atoms with E-state index in [1.165, 1.54) is 0 Å². The Kier molecular flexibility index (Phi) is 7.47. The van der Waals surface area contributed by atoms with Gasteiger partial charge in [0.05, 0.1) is 0 Å². The number of nitrogens with two attached hydrogens (primary N) is 1. The van der Waals surface area contributed by atoms with Crippen LogP contribution in [0.15, 0.2) is 30.3 Å². The van der Waals surface area contributed by atoms with E-state index in [-0.39, 0.29) is 24.7 Å². The lowest BCUT2D eigenvalue weighted by Crippen LogP contribution is -2.48. The van der Waals surface area contributed by atoms with Crippen molar-refractivity contribution in [3.05, 3.63) is 35.9 Å². The molecule has 0 aliphatic carbocycles. The first kappa shape index (κ1) is 21.0. The number of ether oxygens (including phenoxy) is 2. The molecule has 0 radical (unpaired) electrons. The molecule has 150 valence electrons. The first-order valence-electron chi connectivity index (χ1n) is 9.42. The molecule has 1 aliphatic heterocycles. The molecule has 2 rings (SSSR count). The molecule has 27 heavy (non-hydrogen) atoms.